The van der Waals surface area contributed by atoms with Gasteiger partial charge in [-0.15, -0.1) is 0 Å². The summed E-state index contributed by atoms with van der Waals surface area (Å²) in [4.78, 5) is 24.6. The summed E-state index contributed by atoms with van der Waals surface area (Å²) in [6.07, 6.45) is 1.38. The van der Waals surface area contributed by atoms with E-state index >= 15 is 0 Å². The Bertz CT molecular complexity index is 644. The van der Waals surface area contributed by atoms with E-state index in [0.29, 0.717) is 29.4 Å². The molecule has 0 saturated heterocycles. The third-order valence-corrected chi connectivity index (χ3v) is 4.02. The predicted octanol–water partition coefficient (Wildman–Crippen LogP) is 2.33. The molecule has 1 aromatic carbocycles. The molecule has 2 rings (SSSR count). The van der Waals surface area contributed by atoms with Gasteiger partial charge in [-0.1, -0.05) is 29.3 Å². The van der Waals surface area contributed by atoms with Crippen molar-refractivity contribution >= 4 is 35.0 Å². The number of hydrogen-bond donors (Lipinski definition) is 2. The molecule has 1 aliphatic heterocycles. The Hall–Kier alpha value is -1.72. The van der Waals surface area contributed by atoms with Gasteiger partial charge < -0.3 is 15.3 Å². The Morgan fingerprint density at radius 3 is 2.73 bits per heavy atom. The number of nitrogens with one attached hydrogen (secondary N) is 1. The molecule has 0 bridgehead atoms. The number of aryl methyl sites for hydroxylation is 1. The molecule has 0 aromatic heterocycles. The van der Waals surface area contributed by atoms with Crippen LogP contribution in [0.1, 0.15) is 12.0 Å². The van der Waals surface area contributed by atoms with Crippen LogP contribution < -0.4 is 5.32 Å². The molecule has 1 aromatic rings. The smallest absolute Gasteiger partial charge is 0.289 e. The van der Waals surface area contributed by atoms with Crippen LogP contribution in [0.2, 0.25) is 10.0 Å². The van der Waals surface area contributed by atoms with E-state index in [2.05, 4.69) is 5.32 Å². The summed E-state index contributed by atoms with van der Waals surface area (Å²) in [6, 6.07) is 5.30. The lowest BCUT2D eigenvalue weighted by atomic mass is 10.1. The molecular formula is C15H16Cl2N2O3. The van der Waals surface area contributed by atoms with E-state index in [1.807, 2.05) is 6.07 Å². The zero-order valence-corrected chi connectivity index (χ0v) is 13.5. The fraction of sp³-hybridized carbons (Fsp3) is 0.333. The van der Waals surface area contributed by atoms with Gasteiger partial charge in [0.25, 0.3) is 11.8 Å². The molecule has 2 N–H and O–H groups in total. The molecule has 0 fully saturated rings. The molecule has 22 heavy (non-hydrogen) atoms. The van der Waals surface area contributed by atoms with Crippen molar-refractivity contribution in [1.82, 2.24) is 10.2 Å². The van der Waals surface area contributed by atoms with Crippen molar-refractivity contribution in [3.63, 3.8) is 0 Å². The summed E-state index contributed by atoms with van der Waals surface area (Å²) < 4.78 is 0. The first-order valence-corrected chi connectivity index (χ1v) is 7.55. The van der Waals surface area contributed by atoms with Crippen molar-refractivity contribution in [1.29, 1.82) is 0 Å². The van der Waals surface area contributed by atoms with Gasteiger partial charge in [0.2, 0.25) is 0 Å². The highest BCUT2D eigenvalue weighted by molar-refractivity contribution is 6.35. The van der Waals surface area contributed by atoms with Gasteiger partial charge in [0, 0.05) is 23.6 Å². The zero-order chi connectivity index (χ0) is 16.3. The number of rotatable bonds is 5. The average Bonchev–Trinajstić information content (AvgIpc) is 2.73. The van der Waals surface area contributed by atoms with Crippen LogP contribution in [-0.4, -0.2) is 42.0 Å². The van der Waals surface area contributed by atoms with Gasteiger partial charge in [-0.25, -0.2) is 0 Å². The van der Waals surface area contributed by atoms with Gasteiger partial charge in [0.1, 0.15) is 0 Å². The van der Waals surface area contributed by atoms with E-state index in [1.54, 1.807) is 12.1 Å². The SMILES string of the molecule is CN1CC(C(=O)NCCCc2ccc(Cl)cc2Cl)=C(O)C1=O. The highest BCUT2D eigenvalue weighted by Gasteiger charge is 2.31. The summed E-state index contributed by atoms with van der Waals surface area (Å²) in [6.45, 7) is 0.548. The van der Waals surface area contributed by atoms with E-state index in [-0.39, 0.29) is 12.1 Å². The first-order valence-electron chi connectivity index (χ1n) is 6.80. The molecule has 0 radical (unpaired) electrons. The molecule has 0 saturated carbocycles. The fourth-order valence-electron chi connectivity index (χ4n) is 2.18. The fourth-order valence-corrected chi connectivity index (χ4v) is 2.69. The second-order valence-corrected chi connectivity index (χ2v) is 5.93. The number of likely N-dealkylation sites (N-methyl/N-ethyl adjacent to an activating group) is 1. The van der Waals surface area contributed by atoms with E-state index in [9.17, 15) is 14.7 Å². The molecule has 2 amide bonds. The van der Waals surface area contributed by atoms with E-state index < -0.39 is 17.6 Å². The van der Waals surface area contributed by atoms with Gasteiger partial charge in [-0.2, -0.15) is 0 Å². The van der Waals surface area contributed by atoms with Crippen molar-refractivity contribution in [2.45, 2.75) is 12.8 Å². The highest BCUT2D eigenvalue weighted by Crippen LogP contribution is 2.22. The second-order valence-electron chi connectivity index (χ2n) is 5.08. The molecular weight excluding hydrogens is 327 g/mol. The summed E-state index contributed by atoms with van der Waals surface area (Å²) in [5.74, 6) is -1.42. The second kappa shape index (κ2) is 7.03. The number of aliphatic hydroxyl groups is 1. The van der Waals surface area contributed by atoms with Crippen molar-refractivity contribution in [3.8, 4) is 0 Å². The van der Waals surface area contributed by atoms with Gasteiger partial charge in [-0.05, 0) is 30.5 Å². The Labute approximate surface area is 138 Å². The summed E-state index contributed by atoms with van der Waals surface area (Å²) >= 11 is 11.9. The van der Waals surface area contributed by atoms with Crippen molar-refractivity contribution in [2.75, 3.05) is 20.1 Å². The van der Waals surface area contributed by atoms with Gasteiger partial charge >= 0.3 is 0 Å². The molecule has 5 nitrogen and oxygen atoms in total. The number of amides is 2. The number of nitrogens with zero attached hydrogens (tertiary/aromatic N) is 1. The first kappa shape index (κ1) is 16.6. The Kier molecular flexibility index (Phi) is 5.32. The van der Waals surface area contributed by atoms with Crippen LogP contribution in [0, 0.1) is 0 Å². The zero-order valence-electron chi connectivity index (χ0n) is 12.0. The molecule has 1 heterocycles. The predicted molar refractivity (Wildman–Crippen MR) is 85.1 cm³/mol. The lowest BCUT2D eigenvalue weighted by Crippen LogP contribution is -2.29. The molecule has 1 aliphatic rings. The Morgan fingerprint density at radius 2 is 2.14 bits per heavy atom. The number of aliphatic hydroxyl groups excluding tert-OH is 1. The largest absolute Gasteiger partial charge is 0.503 e. The van der Waals surface area contributed by atoms with Gasteiger partial charge in [0.05, 0.1) is 12.1 Å². The minimum Gasteiger partial charge on any atom is -0.503 e. The highest BCUT2D eigenvalue weighted by atomic mass is 35.5. The quantitative estimate of drug-likeness (QED) is 0.807. The molecule has 0 atom stereocenters. The summed E-state index contributed by atoms with van der Waals surface area (Å²) in [5.41, 5.74) is 1.06. The first-order chi connectivity index (χ1) is 10.4. The number of carbonyl (C=O) groups is 2. The van der Waals surface area contributed by atoms with Crippen LogP contribution in [-0.2, 0) is 16.0 Å². The van der Waals surface area contributed by atoms with Crippen molar-refractivity contribution in [2.24, 2.45) is 0 Å². The average molecular weight is 343 g/mol. The maximum Gasteiger partial charge on any atom is 0.289 e. The topological polar surface area (TPSA) is 69.6 Å². The van der Waals surface area contributed by atoms with Crippen LogP contribution in [0.5, 0.6) is 0 Å². The van der Waals surface area contributed by atoms with Crippen LogP contribution in [0.3, 0.4) is 0 Å². The number of hydrogen-bond acceptors (Lipinski definition) is 3. The van der Waals surface area contributed by atoms with Crippen LogP contribution >= 0.6 is 23.2 Å². The van der Waals surface area contributed by atoms with Crippen molar-refractivity contribution in [3.05, 3.63) is 45.1 Å². The third-order valence-electron chi connectivity index (χ3n) is 3.43. The number of halogens is 2. The minimum atomic E-state index is -0.530. The maximum absolute atomic E-state index is 11.9. The summed E-state index contributed by atoms with van der Waals surface area (Å²) in [5, 5.41) is 13.5. The molecule has 0 aliphatic carbocycles. The van der Waals surface area contributed by atoms with Gasteiger partial charge in [-0.3, -0.25) is 9.59 Å². The van der Waals surface area contributed by atoms with E-state index in [4.69, 9.17) is 23.2 Å². The van der Waals surface area contributed by atoms with Crippen LogP contribution in [0.15, 0.2) is 29.5 Å². The standard InChI is InChI=1S/C15H16Cl2N2O3/c1-19-8-11(13(20)15(19)22)14(21)18-6-2-3-9-4-5-10(16)7-12(9)17/h4-5,7,20H,2-3,6,8H2,1H3,(H,18,21). The lowest BCUT2D eigenvalue weighted by Gasteiger charge is -2.09. The molecule has 118 valence electrons. The van der Waals surface area contributed by atoms with Gasteiger partial charge in [0.15, 0.2) is 5.76 Å². The number of carbonyl (C=O) groups excluding carboxylic acids is 2. The molecule has 0 spiro atoms. The Morgan fingerprint density at radius 1 is 1.41 bits per heavy atom. The number of benzene rings is 1. The lowest BCUT2D eigenvalue weighted by molar-refractivity contribution is -0.126. The maximum atomic E-state index is 11.9. The minimum absolute atomic E-state index is 0.108. The normalized spacial score (nSPS) is 14.7. The van der Waals surface area contributed by atoms with E-state index in [1.165, 1.54) is 11.9 Å². The van der Waals surface area contributed by atoms with Crippen LogP contribution in [0.4, 0.5) is 0 Å². The van der Waals surface area contributed by atoms with Crippen molar-refractivity contribution < 1.29 is 14.7 Å². The monoisotopic (exact) mass is 342 g/mol. The summed E-state index contributed by atoms with van der Waals surface area (Å²) in [7, 11) is 1.53. The Balaban J connectivity index is 1.82. The molecule has 0 unspecified atom stereocenters. The third kappa shape index (κ3) is 3.72. The molecule has 7 heteroatoms. The van der Waals surface area contributed by atoms with Crippen LogP contribution in [0.25, 0.3) is 0 Å². The van der Waals surface area contributed by atoms with E-state index in [0.717, 1.165) is 5.56 Å².